The molecule has 0 aliphatic carbocycles. The van der Waals surface area contributed by atoms with Crippen LogP contribution in [-0.2, 0) is 9.59 Å². The molecule has 0 unspecified atom stereocenters. The van der Waals surface area contributed by atoms with Crippen molar-refractivity contribution in [3.63, 3.8) is 0 Å². The summed E-state index contributed by atoms with van der Waals surface area (Å²) in [5.74, 6) is -1.48. The maximum Gasteiger partial charge on any atom is 2.00 e. The van der Waals surface area contributed by atoms with Crippen molar-refractivity contribution in [1.29, 1.82) is 0 Å². The first-order valence-corrected chi connectivity index (χ1v) is 5.06. The minimum atomic E-state index is -0.740. The van der Waals surface area contributed by atoms with Gasteiger partial charge in [-0.05, 0) is 12.8 Å². The number of unbranched alkanes of at least 4 members (excludes halogenated alkanes) is 5. The van der Waals surface area contributed by atoms with Gasteiger partial charge in [-0.25, -0.2) is 0 Å². The molecule has 0 aliphatic heterocycles. The van der Waals surface area contributed by atoms with Crippen LogP contribution in [0.25, 0.3) is 0 Å². The third kappa shape index (κ3) is 17.1. The fourth-order valence-corrected chi connectivity index (χ4v) is 1.26. The molecule has 0 saturated heterocycles. The summed E-state index contributed by atoms with van der Waals surface area (Å²) in [6.45, 7) is 0. The molecule has 0 heterocycles. The molecule has 0 aromatic rings. The van der Waals surface area contributed by atoms with Crippen LogP contribution >= 0.6 is 0 Å². The summed E-state index contributed by atoms with van der Waals surface area (Å²) < 4.78 is 0. The van der Waals surface area contributed by atoms with Gasteiger partial charge in [0.2, 0.25) is 0 Å². The zero-order chi connectivity index (χ0) is 10.8. The summed E-state index contributed by atoms with van der Waals surface area (Å²) in [6, 6.07) is 0. The van der Waals surface area contributed by atoms with Crippen molar-refractivity contribution in [2.24, 2.45) is 0 Å². The molecule has 0 radical (unpaired) electrons. The van der Waals surface area contributed by atoms with Gasteiger partial charge in [0.25, 0.3) is 0 Å². The number of hydrogen-bond acceptors (Lipinski definition) is 2. The van der Waals surface area contributed by atoms with Gasteiger partial charge in [-0.2, -0.15) is 0 Å². The first-order valence-electron chi connectivity index (χ1n) is 5.06. The molecule has 0 rings (SSSR count). The minimum Gasteiger partial charge on any atom is -1.00 e. The van der Waals surface area contributed by atoms with E-state index >= 15 is 0 Å². The monoisotopic (exact) mass is 292 g/mol. The van der Waals surface area contributed by atoms with Gasteiger partial charge in [-0.3, -0.25) is 9.59 Å². The van der Waals surface area contributed by atoms with Crippen LogP contribution in [0.5, 0.6) is 0 Å². The Balaban J connectivity index is -0.000000282. The van der Waals surface area contributed by atoms with Crippen LogP contribution in [0.4, 0.5) is 0 Å². The summed E-state index contributed by atoms with van der Waals surface area (Å²) in [5, 5.41) is 16.7. The SMILES string of the molecule is O=C(O)CCCCCCCCC(=O)O.[H-].[H-].[Sr+2]. The van der Waals surface area contributed by atoms with E-state index in [1.165, 1.54) is 0 Å². The van der Waals surface area contributed by atoms with Crippen molar-refractivity contribution >= 4 is 57.4 Å². The van der Waals surface area contributed by atoms with E-state index in [0.29, 0.717) is 0 Å². The van der Waals surface area contributed by atoms with E-state index in [0.717, 1.165) is 38.5 Å². The van der Waals surface area contributed by atoms with Crippen LogP contribution in [-0.4, -0.2) is 67.6 Å². The maximum atomic E-state index is 10.1. The largest absolute Gasteiger partial charge is 2.00 e. The zero-order valence-corrected chi connectivity index (χ0v) is 12.6. The molecular weight excluding hydrogens is 272 g/mol. The number of aliphatic carboxylic acids is 2. The van der Waals surface area contributed by atoms with E-state index in [-0.39, 0.29) is 61.2 Å². The predicted molar refractivity (Wildman–Crippen MR) is 60.2 cm³/mol. The second-order valence-electron chi connectivity index (χ2n) is 3.41. The average molecular weight is 292 g/mol. The Morgan fingerprint density at radius 2 is 1.00 bits per heavy atom. The van der Waals surface area contributed by atoms with E-state index in [2.05, 4.69) is 0 Å². The average Bonchev–Trinajstić information content (AvgIpc) is 2.08. The molecule has 86 valence electrons. The van der Waals surface area contributed by atoms with E-state index < -0.39 is 11.9 Å². The Labute approximate surface area is 130 Å². The standard InChI is InChI=1S/C10H18O4.Sr.2H/c11-9(12)7-5-3-1-2-4-6-8-10(13)14;;;/h1-8H2,(H,11,12)(H,13,14);;;/q;+2;2*-1. The van der Waals surface area contributed by atoms with Gasteiger partial charge in [-0.15, -0.1) is 0 Å². The number of rotatable bonds is 9. The molecule has 0 fully saturated rings. The Morgan fingerprint density at radius 1 is 0.733 bits per heavy atom. The summed E-state index contributed by atoms with van der Waals surface area (Å²) in [7, 11) is 0. The second-order valence-corrected chi connectivity index (χ2v) is 3.41. The molecule has 0 spiro atoms. The fourth-order valence-electron chi connectivity index (χ4n) is 1.26. The van der Waals surface area contributed by atoms with Crippen LogP contribution in [0, 0.1) is 0 Å². The molecule has 4 nitrogen and oxygen atoms in total. The van der Waals surface area contributed by atoms with Gasteiger partial charge in [-0.1, -0.05) is 25.7 Å². The van der Waals surface area contributed by atoms with Gasteiger partial charge >= 0.3 is 57.4 Å². The van der Waals surface area contributed by atoms with Crippen molar-refractivity contribution in [2.75, 3.05) is 0 Å². The number of hydrogen-bond donors (Lipinski definition) is 2. The van der Waals surface area contributed by atoms with Crippen LogP contribution in [0.1, 0.15) is 54.2 Å². The van der Waals surface area contributed by atoms with Gasteiger partial charge in [0.1, 0.15) is 0 Å². The van der Waals surface area contributed by atoms with Gasteiger partial charge in [0.15, 0.2) is 0 Å². The quantitative estimate of drug-likeness (QED) is 0.504. The first-order chi connectivity index (χ1) is 6.63. The van der Waals surface area contributed by atoms with E-state index in [1.54, 1.807) is 0 Å². The summed E-state index contributed by atoms with van der Waals surface area (Å²) in [4.78, 5) is 20.3. The van der Waals surface area contributed by atoms with Gasteiger partial charge < -0.3 is 13.1 Å². The molecule has 0 bridgehead atoms. The van der Waals surface area contributed by atoms with Crippen LogP contribution < -0.4 is 0 Å². The number of carbonyl (C=O) groups is 2. The molecule has 5 heteroatoms. The molecule has 0 amide bonds. The second kappa shape index (κ2) is 12.5. The Kier molecular flexibility index (Phi) is 14.8. The minimum absolute atomic E-state index is 0. The van der Waals surface area contributed by atoms with Gasteiger partial charge in [0.05, 0.1) is 0 Å². The van der Waals surface area contributed by atoms with E-state index in [1.807, 2.05) is 0 Å². The Bertz CT molecular complexity index is 171. The molecule has 2 N–H and O–H groups in total. The molecule has 0 aromatic heterocycles. The van der Waals surface area contributed by atoms with Crippen molar-refractivity contribution < 1.29 is 22.7 Å². The van der Waals surface area contributed by atoms with E-state index in [9.17, 15) is 9.59 Å². The Hall–Kier alpha value is 0.421. The summed E-state index contributed by atoms with van der Waals surface area (Å²) in [6.07, 6.45) is 5.82. The van der Waals surface area contributed by atoms with Crippen molar-refractivity contribution in [1.82, 2.24) is 0 Å². The van der Waals surface area contributed by atoms with Crippen LogP contribution in [0.15, 0.2) is 0 Å². The molecule has 0 atom stereocenters. The normalized spacial score (nSPS) is 9.33. The van der Waals surface area contributed by atoms with Gasteiger partial charge in [0, 0.05) is 12.8 Å². The van der Waals surface area contributed by atoms with E-state index in [4.69, 9.17) is 10.2 Å². The fraction of sp³-hybridized carbons (Fsp3) is 0.800. The van der Waals surface area contributed by atoms with Crippen LogP contribution in [0.3, 0.4) is 0 Å². The predicted octanol–water partition coefficient (Wildman–Crippen LogP) is 2.12. The first kappa shape index (κ1) is 17.8. The third-order valence-corrected chi connectivity index (χ3v) is 2.03. The van der Waals surface area contributed by atoms with Crippen molar-refractivity contribution in [2.45, 2.75) is 51.4 Å². The maximum absolute atomic E-state index is 10.1. The Morgan fingerprint density at radius 3 is 1.27 bits per heavy atom. The topological polar surface area (TPSA) is 74.6 Å². The van der Waals surface area contributed by atoms with Crippen molar-refractivity contribution in [3.8, 4) is 0 Å². The molecule has 0 aliphatic rings. The zero-order valence-electron chi connectivity index (χ0n) is 11.1. The van der Waals surface area contributed by atoms with Crippen LogP contribution in [0.2, 0.25) is 0 Å². The third-order valence-electron chi connectivity index (χ3n) is 2.03. The molecular formula is C10H20O4Sr. The summed E-state index contributed by atoms with van der Waals surface area (Å²) >= 11 is 0. The molecule has 15 heavy (non-hydrogen) atoms. The van der Waals surface area contributed by atoms with Crippen molar-refractivity contribution in [3.05, 3.63) is 0 Å². The number of carboxylic acids is 2. The number of carboxylic acid groups (broad SMARTS) is 2. The smallest absolute Gasteiger partial charge is 1.00 e. The molecule has 0 saturated carbocycles. The summed E-state index contributed by atoms with van der Waals surface area (Å²) in [5.41, 5.74) is 0. The molecule has 0 aromatic carbocycles.